The first-order valence-electron chi connectivity index (χ1n) is 17.9. The molecule has 0 aliphatic carbocycles. The highest BCUT2D eigenvalue weighted by Gasteiger charge is 2.60. The highest BCUT2D eigenvalue weighted by atomic mass is 31.2. The third kappa shape index (κ3) is 9.69. The molecule has 302 valence electrons. The van der Waals surface area contributed by atoms with Gasteiger partial charge in [-0.1, -0.05) is 24.3 Å². The van der Waals surface area contributed by atoms with Gasteiger partial charge in [0.05, 0.1) is 25.3 Å². The second-order valence-electron chi connectivity index (χ2n) is 13.8. The Hall–Kier alpha value is -4.55. The zero-order chi connectivity index (χ0) is 40.2. The number of carbonyl (C=O) groups excluding carboxylic acids is 2. The third-order valence-electron chi connectivity index (χ3n) is 9.31. The molecular weight excluding hydrogens is 761 g/mol. The number of fused-ring (bicyclic) bond motifs is 1. The molecule has 0 bridgehead atoms. The zero-order valence-electron chi connectivity index (χ0n) is 30.8. The molecule has 0 saturated carbocycles. The largest absolute Gasteiger partial charge is 0.461 e. The van der Waals surface area contributed by atoms with Gasteiger partial charge in [0.15, 0.2) is 6.10 Å². The van der Waals surface area contributed by atoms with Crippen molar-refractivity contribution in [2.24, 2.45) is 0 Å². The molecule has 0 amide bonds. The fraction of sp³-hybridized carbons (Fsp3) is 0.459. The van der Waals surface area contributed by atoms with Crippen LogP contribution in [-0.4, -0.2) is 93.6 Å². The number of ether oxygens (including phenoxy) is 3. The van der Waals surface area contributed by atoms with E-state index in [2.05, 4.69) is 15.0 Å². The Morgan fingerprint density at radius 2 is 1.88 bits per heavy atom. The van der Waals surface area contributed by atoms with E-state index in [1.54, 1.807) is 30.3 Å². The Labute approximate surface area is 319 Å². The second-order valence-corrected chi connectivity index (χ2v) is 15.5. The summed E-state index contributed by atoms with van der Waals surface area (Å²) in [5, 5.41) is 23.4. The molecule has 2 aliphatic rings. The van der Waals surface area contributed by atoms with Crippen LogP contribution in [-0.2, 0) is 52.5 Å². The van der Waals surface area contributed by atoms with E-state index in [0.717, 1.165) is 36.3 Å². The molecule has 56 heavy (non-hydrogen) atoms. The summed E-state index contributed by atoms with van der Waals surface area (Å²) in [5.41, 5.74) is 0.640. The van der Waals surface area contributed by atoms with E-state index in [1.165, 1.54) is 19.1 Å². The number of aromatic nitrogens is 2. The van der Waals surface area contributed by atoms with Crippen molar-refractivity contribution < 1.29 is 60.8 Å². The van der Waals surface area contributed by atoms with Crippen LogP contribution in [0.1, 0.15) is 48.6 Å². The van der Waals surface area contributed by atoms with Gasteiger partial charge in [-0.2, -0.15) is 18.9 Å². The first-order chi connectivity index (χ1) is 26.6. The van der Waals surface area contributed by atoms with Crippen LogP contribution in [0.4, 0.5) is 8.78 Å². The number of hydrogen-bond acceptors (Lipinski definition) is 14. The van der Waals surface area contributed by atoms with Gasteiger partial charge in [-0.3, -0.25) is 18.7 Å². The van der Waals surface area contributed by atoms with Crippen LogP contribution >= 0.6 is 7.75 Å². The van der Waals surface area contributed by atoms with Gasteiger partial charge in [0.1, 0.15) is 41.9 Å². The topological polar surface area (TPSA) is 201 Å². The summed E-state index contributed by atoms with van der Waals surface area (Å²) in [6.07, 6.45) is -5.40. The zero-order valence-corrected chi connectivity index (χ0v) is 31.7. The lowest BCUT2D eigenvalue weighted by atomic mass is 10.1. The number of esters is 2. The van der Waals surface area contributed by atoms with Crippen molar-refractivity contribution in [3.8, 4) is 5.75 Å². The van der Waals surface area contributed by atoms with E-state index >= 15 is 8.78 Å². The van der Waals surface area contributed by atoms with E-state index < -0.39 is 68.8 Å². The molecule has 4 aromatic rings. The fourth-order valence-corrected chi connectivity index (χ4v) is 7.86. The van der Waals surface area contributed by atoms with Crippen molar-refractivity contribution in [1.82, 2.24) is 19.5 Å². The number of furan rings is 1. The van der Waals surface area contributed by atoms with E-state index in [4.69, 9.17) is 27.7 Å². The molecule has 4 heterocycles. The average Bonchev–Trinajstić information content (AvgIpc) is 3.67. The smallest absolute Gasteiger partial charge is 0.459 e. The van der Waals surface area contributed by atoms with Gasteiger partial charge in [-0.25, -0.2) is 9.36 Å². The number of para-hydroxylation sites is 1. The summed E-state index contributed by atoms with van der Waals surface area (Å²) >= 11 is 0. The van der Waals surface area contributed by atoms with Crippen molar-refractivity contribution in [2.45, 2.75) is 82.8 Å². The fourth-order valence-electron chi connectivity index (χ4n) is 6.35. The molecule has 0 radical (unpaired) electrons. The lowest BCUT2D eigenvalue weighted by Gasteiger charge is -2.30. The highest BCUT2D eigenvalue weighted by Crippen LogP contribution is 2.48. The van der Waals surface area contributed by atoms with Crippen LogP contribution in [0, 0.1) is 6.92 Å². The number of alkyl halides is 2. The normalized spacial score (nSPS) is 21.7. The maximum absolute atomic E-state index is 15.5. The Balaban J connectivity index is 1.08. The third-order valence-corrected chi connectivity index (χ3v) is 11.0. The molecule has 0 spiro atoms. The number of aliphatic hydroxyl groups is 2. The van der Waals surface area contributed by atoms with Crippen molar-refractivity contribution in [2.75, 3.05) is 26.7 Å². The molecule has 2 aromatic carbocycles. The summed E-state index contributed by atoms with van der Waals surface area (Å²) in [5.74, 6) is -5.20. The number of nitrogens with zero attached hydrogens (tertiary/aromatic N) is 3. The van der Waals surface area contributed by atoms with Gasteiger partial charge in [0.2, 0.25) is 6.23 Å². The molecule has 6 rings (SSSR count). The van der Waals surface area contributed by atoms with Crippen LogP contribution in [0.3, 0.4) is 0 Å². The number of carbonyl (C=O) groups is 2. The number of hydrogen-bond donors (Lipinski definition) is 3. The second kappa shape index (κ2) is 17.3. The Morgan fingerprint density at radius 1 is 1.14 bits per heavy atom. The number of nitrogens with one attached hydrogen (secondary N) is 1. The van der Waals surface area contributed by atoms with Crippen molar-refractivity contribution in [3.63, 3.8) is 0 Å². The Morgan fingerprint density at radius 3 is 2.57 bits per heavy atom. The molecule has 2 aliphatic heterocycles. The molecule has 2 fully saturated rings. The predicted octanol–water partition coefficient (Wildman–Crippen LogP) is 3.79. The minimum Gasteiger partial charge on any atom is -0.461 e. The van der Waals surface area contributed by atoms with Crippen LogP contribution in [0.5, 0.6) is 5.75 Å². The molecule has 1 unspecified atom stereocenters. The lowest BCUT2D eigenvalue weighted by molar-refractivity contribution is -0.152. The number of rotatable bonds is 15. The number of likely N-dealkylation sites (tertiary alicyclic amines) is 1. The number of aliphatic hydroxyl groups excluding tert-OH is 2. The first kappa shape index (κ1) is 41.1. The van der Waals surface area contributed by atoms with E-state index in [-0.39, 0.29) is 30.8 Å². The summed E-state index contributed by atoms with van der Waals surface area (Å²) in [7, 11) is -2.58. The summed E-state index contributed by atoms with van der Waals surface area (Å²) in [4.78, 5) is 44.3. The molecule has 19 heteroatoms. The van der Waals surface area contributed by atoms with E-state index in [1.807, 2.05) is 20.0 Å². The van der Waals surface area contributed by atoms with Crippen LogP contribution in [0.15, 0.2) is 70.0 Å². The van der Waals surface area contributed by atoms with Crippen LogP contribution in [0.25, 0.3) is 11.0 Å². The summed E-state index contributed by atoms with van der Waals surface area (Å²) < 4.78 is 78.4. The minimum atomic E-state index is -4.53. The molecule has 2 aromatic heterocycles. The summed E-state index contributed by atoms with van der Waals surface area (Å²) in [6, 6.07) is 13.0. The van der Waals surface area contributed by atoms with Crippen molar-refractivity contribution in [1.29, 1.82) is 0 Å². The van der Waals surface area contributed by atoms with Crippen LogP contribution in [0.2, 0.25) is 0 Å². The van der Waals surface area contributed by atoms with E-state index in [0.29, 0.717) is 34.3 Å². The average molecular weight is 805 g/mol. The van der Waals surface area contributed by atoms with Crippen molar-refractivity contribution in [3.05, 3.63) is 93.9 Å². The van der Waals surface area contributed by atoms with Gasteiger partial charge >= 0.3 is 31.3 Å². The lowest BCUT2D eigenvalue weighted by Crippen LogP contribution is -2.42. The Kier molecular flexibility index (Phi) is 12.7. The molecule has 3 N–H and O–H groups in total. The molecule has 2 saturated heterocycles. The standard InChI is InChI=1S/C37H43F2N4O12P/c1-22-15-24-17-29(52-32(24)25(16-22)19-44)20-50-31(45)18-26-9-14-43(36(48)40-26)35-37(38,39)33(46)30(54-35)21-51-56(49,55-28-7-5-4-6-8-28)41-23(2)34(47)53-27-10-12-42(3)13-11-27/h4-9,14-17,23,27,30,33,35,44,46H,10-13,18-21H2,1-3H3,(H,41,49)/t23-,30+,33+,35+,56?/m0/s1. The molecule has 16 nitrogen and oxygen atoms in total. The van der Waals surface area contributed by atoms with Gasteiger partial charge in [0, 0.05) is 30.2 Å². The Bertz CT molecular complexity index is 2120. The quantitative estimate of drug-likeness (QED) is 0.116. The highest BCUT2D eigenvalue weighted by molar-refractivity contribution is 7.52. The van der Waals surface area contributed by atoms with Crippen molar-refractivity contribution >= 4 is 30.7 Å². The SMILES string of the molecule is Cc1cc(CO)c2oc(COC(=O)Cc3ccn([C@@H]4O[C@H](COP(=O)(N[C@@H](C)C(=O)OC5CCN(C)CC5)Oc5ccccc5)[C@@H](O)C4(F)F)c(=O)n3)cc2c1. The number of benzene rings is 2. The van der Waals surface area contributed by atoms with Crippen LogP contribution < -0.4 is 15.3 Å². The van der Waals surface area contributed by atoms with E-state index in [9.17, 15) is 29.2 Å². The number of piperidine rings is 1. The number of halogens is 2. The minimum absolute atomic E-state index is 0.0677. The number of aryl methyl sites for hydroxylation is 1. The van der Waals surface area contributed by atoms with Gasteiger partial charge < -0.3 is 38.3 Å². The first-order valence-corrected chi connectivity index (χ1v) is 19.4. The predicted molar refractivity (Wildman–Crippen MR) is 194 cm³/mol. The molecule has 5 atom stereocenters. The summed E-state index contributed by atoms with van der Waals surface area (Å²) in [6.45, 7) is 3.29. The van der Waals surface area contributed by atoms with Gasteiger partial charge in [0.25, 0.3) is 0 Å². The molecular formula is C37H43F2N4O12P. The maximum atomic E-state index is 15.5. The monoisotopic (exact) mass is 804 g/mol. The van der Waals surface area contributed by atoms with Gasteiger partial charge in [-0.05, 0) is 69.6 Å². The maximum Gasteiger partial charge on any atom is 0.459 e. The van der Waals surface area contributed by atoms with Gasteiger partial charge in [-0.15, -0.1) is 0 Å².